The van der Waals surface area contributed by atoms with Crippen molar-refractivity contribution in [2.45, 2.75) is 40.2 Å². The Morgan fingerprint density at radius 1 is 1.36 bits per heavy atom. The first-order chi connectivity index (χ1) is 6.35. The molecular weight excluding hydrogens is 176 g/mol. The van der Waals surface area contributed by atoms with Crippen molar-refractivity contribution in [2.24, 2.45) is 5.92 Å². The van der Waals surface area contributed by atoms with Crippen LogP contribution < -0.4 is 0 Å². The van der Waals surface area contributed by atoms with Crippen molar-refractivity contribution in [3.05, 3.63) is 23.3 Å². The van der Waals surface area contributed by atoms with Gasteiger partial charge in [-0.15, -0.1) is 0 Å². The first-order valence-corrected chi connectivity index (χ1v) is 4.88. The number of hydrogen-bond donors (Lipinski definition) is 1. The highest BCUT2D eigenvalue weighted by atomic mass is 16.3. The molecular formula is C11H18N2O. The largest absolute Gasteiger partial charge is 0.384 e. The van der Waals surface area contributed by atoms with E-state index in [0.717, 1.165) is 11.4 Å². The summed E-state index contributed by atoms with van der Waals surface area (Å²) in [4.78, 5) is 8.56. The van der Waals surface area contributed by atoms with Crippen molar-refractivity contribution in [3.8, 4) is 0 Å². The minimum absolute atomic E-state index is 0.122. The molecule has 1 N–H and O–H groups in total. The highest BCUT2D eigenvalue weighted by molar-refractivity contribution is 5.19. The topological polar surface area (TPSA) is 46.0 Å². The lowest BCUT2D eigenvalue weighted by Gasteiger charge is -2.28. The van der Waals surface area contributed by atoms with Crippen molar-refractivity contribution in [2.75, 3.05) is 0 Å². The molecule has 0 amide bonds. The van der Waals surface area contributed by atoms with E-state index >= 15 is 0 Å². The summed E-state index contributed by atoms with van der Waals surface area (Å²) in [5.74, 6) is 0.122. The fourth-order valence-corrected chi connectivity index (χ4v) is 1.29. The van der Waals surface area contributed by atoms with E-state index in [-0.39, 0.29) is 5.92 Å². The summed E-state index contributed by atoms with van der Waals surface area (Å²) in [6.45, 7) is 9.49. The molecule has 0 aliphatic rings. The van der Waals surface area contributed by atoms with Crippen molar-refractivity contribution in [1.29, 1.82) is 0 Å². The van der Waals surface area contributed by atoms with Crippen LogP contribution in [0.25, 0.3) is 0 Å². The number of hydrogen-bond acceptors (Lipinski definition) is 3. The van der Waals surface area contributed by atoms with Gasteiger partial charge < -0.3 is 5.11 Å². The number of aliphatic hydroxyl groups is 1. The quantitative estimate of drug-likeness (QED) is 0.782. The van der Waals surface area contributed by atoms with Gasteiger partial charge in [-0.25, -0.2) is 0 Å². The SMILES string of the molecule is Cc1cnc(C)c(C(C)(O)C(C)C)n1. The maximum Gasteiger partial charge on any atom is 0.108 e. The second-order valence-electron chi connectivity index (χ2n) is 4.25. The lowest BCUT2D eigenvalue weighted by molar-refractivity contribution is 0.00369. The smallest absolute Gasteiger partial charge is 0.108 e. The second-order valence-corrected chi connectivity index (χ2v) is 4.25. The van der Waals surface area contributed by atoms with Crippen LogP contribution in [0, 0.1) is 19.8 Å². The van der Waals surface area contributed by atoms with Crippen LogP contribution in [-0.2, 0) is 5.60 Å². The summed E-state index contributed by atoms with van der Waals surface area (Å²) >= 11 is 0. The Bertz CT molecular complexity index is 332. The van der Waals surface area contributed by atoms with Crippen LogP contribution in [0.15, 0.2) is 6.20 Å². The number of aromatic nitrogens is 2. The molecule has 1 unspecified atom stereocenters. The predicted molar refractivity (Wildman–Crippen MR) is 55.9 cm³/mol. The van der Waals surface area contributed by atoms with E-state index in [9.17, 15) is 5.11 Å². The van der Waals surface area contributed by atoms with Gasteiger partial charge in [0.05, 0.1) is 17.1 Å². The average molecular weight is 194 g/mol. The molecule has 1 aromatic rings. The minimum Gasteiger partial charge on any atom is -0.384 e. The second kappa shape index (κ2) is 3.65. The zero-order valence-corrected chi connectivity index (χ0v) is 9.50. The molecule has 1 atom stereocenters. The summed E-state index contributed by atoms with van der Waals surface area (Å²) in [5, 5.41) is 10.3. The third-order valence-corrected chi connectivity index (χ3v) is 2.68. The third kappa shape index (κ3) is 1.93. The van der Waals surface area contributed by atoms with Crippen molar-refractivity contribution >= 4 is 0 Å². The molecule has 3 nitrogen and oxygen atoms in total. The molecule has 1 rings (SSSR count). The Hall–Kier alpha value is -0.960. The van der Waals surface area contributed by atoms with Gasteiger partial charge in [0.15, 0.2) is 0 Å². The van der Waals surface area contributed by atoms with E-state index in [0.29, 0.717) is 5.69 Å². The van der Waals surface area contributed by atoms with Gasteiger partial charge in [0.25, 0.3) is 0 Å². The molecule has 0 radical (unpaired) electrons. The number of rotatable bonds is 2. The van der Waals surface area contributed by atoms with Crippen molar-refractivity contribution in [1.82, 2.24) is 9.97 Å². The molecule has 0 aliphatic heterocycles. The Morgan fingerprint density at radius 3 is 2.43 bits per heavy atom. The highest BCUT2D eigenvalue weighted by Gasteiger charge is 2.30. The normalized spacial score (nSPS) is 15.6. The van der Waals surface area contributed by atoms with Crippen LogP contribution in [0.2, 0.25) is 0 Å². The van der Waals surface area contributed by atoms with Gasteiger partial charge in [0.1, 0.15) is 5.60 Å². The van der Waals surface area contributed by atoms with Crippen molar-refractivity contribution in [3.63, 3.8) is 0 Å². The molecule has 0 saturated carbocycles. The Kier molecular flexibility index (Phi) is 2.90. The predicted octanol–water partition coefficient (Wildman–Crippen LogP) is 1.96. The van der Waals surface area contributed by atoms with Gasteiger partial charge >= 0.3 is 0 Å². The van der Waals surface area contributed by atoms with Crippen LogP contribution in [0.3, 0.4) is 0 Å². The first kappa shape index (κ1) is 11.1. The first-order valence-electron chi connectivity index (χ1n) is 4.88. The van der Waals surface area contributed by atoms with Crippen LogP contribution >= 0.6 is 0 Å². The summed E-state index contributed by atoms with van der Waals surface area (Å²) in [7, 11) is 0. The zero-order valence-electron chi connectivity index (χ0n) is 9.50. The van der Waals surface area contributed by atoms with E-state index in [4.69, 9.17) is 0 Å². The lowest BCUT2D eigenvalue weighted by atomic mass is 9.88. The van der Waals surface area contributed by atoms with E-state index < -0.39 is 5.60 Å². The van der Waals surface area contributed by atoms with Crippen LogP contribution in [0.4, 0.5) is 0 Å². The maximum atomic E-state index is 10.3. The van der Waals surface area contributed by atoms with E-state index in [1.165, 1.54) is 0 Å². The standard InChI is InChI=1S/C11H18N2O/c1-7(2)11(5,14)10-9(4)12-6-8(3)13-10/h6-7,14H,1-5H3. The van der Waals surface area contributed by atoms with Gasteiger partial charge in [0, 0.05) is 6.20 Å². The van der Waals surface area contributed by atoms with Gasteiger partial charge in [-0.1, -0.05) is 13.8 Å². The molecule has 1 aromatic heterocycles. The molecule has 0 fully saturated rings. The summed E-state index contributed by atoms with van der Waals surface area (Å²) in [5.41, 5.74) is 1.43. The van der Waals surface area contributed by atoms with Crippen LogP contribution in [0.5, 0.6) is 0 Å². The highest BCUT2D eigenvalue weighted by Crippen LogP contribution is 2.28. The molecule has 1 heterocycles. The molecule has 0 bridgehead atoms. The summed E-state index contributed by atoms with van der Waals surface area (Å²) in [6, 6.07) is 0. The summed E-state index contributed by atoms with van der Waals surface area (Å²) < 4.78 is 0. The monoisotopic (exact) mass is 194 g/mol. The van der Waals surface area contributed by atoms with Crippen LogP contribution in [-0.4, -0.2) is 15.1 Å². The molecule has 3 heteroatoms. The fraction of sp³-hybridized carbons (Fsp3) is 0.636. The zero-order chi connectivity index (χ0) is 10.9. The van der Waals surface area contributed by atoms with Crippen LogP contribution in [0.1, 0.15) is 37.9 Å². The lowest BCUT2D eigenvalue weighted by Crippen LogP contribution is -2.30. The molecule has 0 aliphatic carbocycles. The van der Waals surface area contributed by atoms with E-state index in [1.54, 1.807) is 13.1 Å². The fourth-order valence-electron chi connectivity index (χ4n) is 1.29. The van der Waals surface area contributed by atoms with Gasteiger partial charge in [-0.05, 0) is 26.7 Å². The average Bonchev–Trinajstić information content (AvgIpc) is 2.08. The van der Waals surface area contributed by atoms with E-state index in [2.05, 4.69) is 9.97 Å². The molecule has 0 aromatic carbocycles. The molecule has 78 valence electrons. The maximum absolute atomic E-state index is 10.3. The van der Waals surface area contributed by atoms with Gasteiger partial charge in [0.2, 0.25) is 0 Å². The van der Waals surface area contributed by atoms with Gasteiger partial charge in [-0.2, -0.15) is 0 Å². The van der Waals surface area contributed by atoms with Crippen molar-refractivity contribution < 1.29 is 5.11 Å². The van der Waals surface area contributed by atoms with Gasteiger partial charge in [-0.3, -0.25) is 9.97 Å². The Balaban J connectivity index is 3.24. The number of nitrogens with zero attached hydrogens (tertiary/aromatic N) is 2. The third-order valence-electron chi connectivity index (χ3n) is 2.68. The summed E-state index contributed by atoms with van der Waals surface area (Å²) in [6.07, 6.45) is 1.72. The Morgan fingerprint density at radius 2 is 1.93 bits per heavy atom. The van der Waals surface area contributed by atoms with E-state index in [1.807, 2.05) is 27.7 Å². The molecule has 0 spiro atoms. The Labute approximate surface area is 85.2 Å². The molecule has 0 saturated heterocycles. The number of aryl methyl sites for hydroxylation is 2. The minimum atomic E-state index is -0.900. The molecule has 14 heavy (non-hydrogen) atoms.